The number of phenolic OH excluding ortho intramolecular Hbond substituents is 1. The van der Waals surface area contributed by atoms with Gasteiger partial charge in [0, 0.05) is 35.5 Å². The lowest BCUT2D eigenvalue weighted by molar-refractivity contribution is -0.141. The van der Waals surface area contributed by atoms with Crippen LogP contribution in [0.2, 0.25) is 0 Å². The second kappa shape index (κ2) is 11.4. The number of piperidine rings is 1. The maximum Gasteiger partial charge on any atom is 0.312 e. The molecule has 2 N–H and O–H groups in total. The number of hydrogen-bond acceptors (Lipinski definition) is 5. The molecule has 0 saturated carbocycles. The Morgan fingerprint density at radius 1 is 1.06 bits per heavy atom. The molecule has 1 atom stereocenters. The standard InChI is InChI=1S/C29H33FN2O3/c1-20(29(34)35-2)22-11-14-26(27(30)17-22)21-9-12-25(13-10-21)31-18-23-7-6-8-24(28(23)33)19-32-15-4-3-5-16-32/h6-14,17,20,31,33H,3-5,15-16,18-19H2,1-2H3. The number of halogens is 1. The summed E-state index contributed by atoms with van der Waals surface area (Å²) < 4.78 is 19.5. The highest BCUT2D eigenvalue weighted by Crippen LogP contribution is 2.29. The third kappa shape index (κ3) is 6.01. The number of rotatable bonds is 8. The number of likely N-dealkylation sites (tertiary alicyclic amines) is 1. The number of benzene rings is 3. The molecular weight excluding hydrogens is 443 g/mol. The Kier molecular flexibility index (Phi) is 8.03. The second-order valence-corrected chi connectivity index (χ2v) is 9.18. The van der Waals surface area contributed by atoms with Crippen LogP contribution in [0, 0.1) is 5.82 Å². The van der Waals surface area contributed by atoms with Gasteiger partial charge in [-0.05, 0) is 62.2 Å². The Morgan fingerprint density at radius 3 is 2.46 bits per heavy atom. The molecule has 0 amide bonds. The fraction of sp³-hybridized carbons (Fsp3) is 0.345. The monoisotopic (exact) mass is 476 g/mol. The van der Waals surface area contributed by atoms with E-state index in [1.54, 1.807) is 19.1 Å². The third-order valence-corrected chi connectivity index (χ3v) is 6.77. The minimum atomic E-state index is -0.523. The first-order valence-corrected chi connectivity index (χ1v) is 12.2. The average molecular weight is 477 g/mol. The Balaban J connectivity index is 1.40. The van der Waals surface area contributed by atoms with Crippen molar-refractivity contribution >= 4 is 11.7 Å². The molecule has 0 aromatic heterocycles. The van der Waals surface area contributed by atoms with Gasteiger partial charge >= 0.3 is 5.97 Å². The van der Waals surface area contributed by atoms with E-state index in [0.29, 0.717) is 23.4 Å². The molecular formula is C29H33FN2O3. The highest BCUT2D eigenvalue weighted by molar-refractivity contribution is 5.78. The minimum Gasteiger partial charge on any atom is -0.507 e. The Hall–Kier alpha value is -3.38. The average Bonchev–Trinajstić information content (AvgIpc) is 2.89. The summed E-state index contributed by atoms with van der Waals surface area (Å²) in [5.41, 5.74) is 4.49. The molecule has 1 fully saturated rings. The molecule has 35 heavy (non-hydrogen) atoms. The van der Waals surface area contributed by atoms with Gasteiger partial charge in [-0.2, -0.15) is 0 Å². The van der Waals surface area contributed by atoms with Crippen LogP contribution in [0.5, 0.6) is 5.75 Å². The lowest BCUT2D eigenvalue weighted by Crippen LogP contribution is -2.29. The normalized spacial score (nSPS) is 14.9. The van der Waals surface area contributed by atoms with E-state index in [2.05, 4.69) is 10.2 Å². The smallest absolute Gasteiger partial charge is 0.312 e. The van der Waals surface area contributed by atoms with Crippen LogP contribution < -0.4 is 5.32 Å². The van der Waals surface area contributed by atoms with Gasteiger partial charge in [0.2, 0.25) is 0 Å². The maximum absolute atomic E-state index is 14.8. The molecule has 4 rings (SSSR count). The van der Waals surface area contributed by atoms with Crippen molar-refractivity contribution in [3.8, 4) is 16.9 Å². The summed E-state index contributed by atoms with van der Waals surface area (Å²) in [6, 6.07) is 18.3. The SMILES string of the molecule is COC(=O)C(C)c1ccc(-c2ccc(NCc3cccc(CN4CCCCC4)c3O)cc2)c(F)c1. The third-order valence-electron chi connectivity index (χ3n) is 6.77. The molecule has 0 radical (unpaired) electrons. The molecule has 0 spiro atoms. The second-order valence-electron chi connectivity index (χ2n) is 9.18. The Bertz CT molecular complexity index is 1160. The Morgan fingerprint density at radius 2 is 1.77 bits per heavy atom. The molecule has 1 aliphatic heterocycles. The molecule has 1 unspecified atom stereocenters. The molecule has 3 aromatic carbocycles. The van der Waals surface area contributed by atoms with Crippen molar-refractivity contribution in [1.29, 1.82) is 0 Å². The van der Waals surface area contributed by atoms with E-state index in [1.807, 2.05) is 42.5 Å². The topological polar surface area (TPSA) is 61.8 Å². The van der Waals surface area contributed by atoms with Crippen molar-refractivity contribution in [2.75, 3.05) is 25.5 Å². The minimum absolute atomic E-state index is 0.352. The van der Waals surface area contributed by atoms with Crippen molar-refractivity contribution in [3.05, 3.63) is 83.2 Å². The van der Waals surface area contributed by atoms with Crippen LogP contribution in [0.1, 0.15) is 48.8 Å². The first-order chi connectivity index (χ1) is 17.0. The van der Waals surface area contributed by atoms with E-state index < -0.39 is 11.9 Å². The van der Waals surface area contributed by atoms with Gasteiger partial charge in [-0.25, -0.2) is 4.39 Å². The summed E-state index contributed by atoms with van der Waals surface area (Å²) in [5.74, 6) is -0.944. The van der Waals surface area contributed by atoms with Gasteiger partial charge in [-0.1, -0.05) is 48.9 Å². The van der Waals surface area contributed by atoms with Crippen molar-refractivity contribution in [1.82, 2.24) is 4.90 Å². The molecule has 0 bridgehead atoms. The summed E-state index contributed by atoms with van der Waals surface area (Å²) >= 11 is 0. The molecule has 1 aliphatic rings. The van der Waals surface area contributed by atoms with Crippen LogP contribution in [0.4, 0.5) is 10.1 Å². The number of anilines is 1. The summed E-state index contributed by atoms with van der Waals surface area (Å²) in [4.78, 5) is 14.1. The van der Waals surface area contributed by atoms with Crippen molar-refractivity contribution in [2.24, 2.45) is 0 Å². The fourth-order valence-corrected chi connectivity index (χ4v) is 4.59. The first-order valence-electron chi connectivity index (χ1n) is 12.2. The zero-order valence-corrected chi connectivity index (χ0v) is 20.4. The molecule has 184 valence electrons. The van der Waals surface area contributed by atoms with E-state index in [9.17, 15) is 14.3 Å². The van der Waals surface area contributed by atoms with E-state index in [0.717, 1.165) is 42.0 Å². The molecule has 6 heteroatoms. The van der Waals surface area contributed by atoms with Crippen LogP contribution in [-0.4, -0.2) is 36.2 Å². The van der Waals surface area contributed by atoms with Crippen molar-refractivity contribution in [2.45, 2.75) is 45.2 Å². The number of nitrogens with one attached hydrogen (secondary N) is 1. The van der Waals surface area contributed by atoms with Crippen molar-refractivity contribution < 1.29 is 19.0 Å². The van der Waals surface area contributed by atoms with Gasteiger partial charge < -0.3 is 15.2 Å². The van der Waals surface area contributed by atoms with Gasteiger partial charge in [-0.3, -0.25) is 9.69 Å². The number of ether oxygens (including phenoxy) is 1. The molecule has 1 saturated heterocycles. The maximum atomic E-state index is 14.8. The Labute approximate surface area is 206 Å². The van der Waals surface area contributed by atoms with E-state index in [1.165, 1.54) is 32.4 Å². The lowest BCUT2D eigenvalue weighted by Gasteiger charge is -2.27. The molecule has 5 nitrogen and oxygen atoms in total. The lowest BCUT2D eigenvalue weighted by atomic mass is 9.97. The highest BCUT2D eigenvalue weighted by atomic mass is 19.1. The van der Waals surface area contributed by atoms with E-state index in [-0.39, 0.29) is 5.82 Å². The number of carbonyl (C=O) groups is 1. The van der Waals surface area contributed by atoms with Crippen molar-refractivity contribution in [3.63, 3.8) is 0 Å². The largest absolute Gasteiger partial charge is 0.507 e. The highest BCUT2D eigenvalue weighted by Gasteiger charge is 2.18. The molecule has 3 aromatic rings. The summed E-state index contributed by atoms with van der Waals surface area (Å²) in [6.45, 7) is 5.14. The van der Waals surface area contributed by atoms with Crippen LogP contribution in [0.15, 0.2) is 60.7 Å². The van der Waals surface area contributed by atoms with Crippen LogP contribution in [0.3, 0.4) is 0 Å². The van der Waals surface area contributed by atoms with Gasteiger partial charge in [0.05, 0.1) is 13.0 Å². The van der Waals surface area contributed by atoms with E-state index in [4.69, 9.17) is 4.74 Å². The van der Waals surface area contributed by atoms with E-state index >= 15 is 0 Å². The van der Waals surface area contributed by atoms with Gasteiger partial charge in [0.25, 0.3) is 0 Å². The van der Waals surface area contributed by atoms with Crippen LogP contribution in [-0.2, 0) is 22.6 Å². The number of hydrogen-bond donors (Lipinski definition) is 2. The van der Waals surface area contributed by atoms with Crippen LogP contribution in [0.25, 0.3) is 11.1 Å². The molecule has 0 aliphatic carbocycles. The van der Waals surface area contributed by atoms with Crippen LogP contribution >= 0.6 is 0 Å². The molecule has 1 heterocycles. The van der Waals surface area contributed by atoms with Gasteiger partial charge in [0.15, 0.2) is 0 Å². The number of carbonyl (C=O) groups excluding carboxylic acids is 1. The number of aromatic hydroxyl groups is 1. The quantitative estimate of drug-likeness (QED) is 0.386. The number of esters is 1. The predicted octanol–water partition coefficient (Wildman–Crippen LogP) is 6.07. The van der Waals surface area contributed by atoms with Gasteiger partial charge in [-0.15, -0.1) is 0 Å². The zero-order chi connectivity index (χ0) is 24.8. The summed E-state index contributed by atoms with van der Waals surface area (Å²) in [7, 11) is 1.33. The first kappa shape index (κ1) is 24.7. The zero-order valence-electron chi connectivity index (χ0n) is 20.4. The number of nitrogens with zero attached hydrogens (tertiary/aromatic N) is 1. The number of methoxy groups -OCH3 is 1. The number of phenols is 1. The van der Waals surface area contributed by atoms with Gasteiger partial charge in [0.1, 0.15) is 11.6 Å². The fourth-order valence-electron chi connectivity index (χ4n) is 4.59. The summed E-state index contributed by atoms with van der Waals surface area (Å²) in [6.07, 6.45) is 3.73. The predicted molar refractivity (Wildman–Crippen MR) is 137 cm³/mol. The summed E-state index contributed by atoms with van der Waals surface area (Å²) in [5, 5.41) is 14.1. The number of para-hydroxylation sites is 1.